The minimum atomic E-state index is -0.313. The fourth-order valence-electron chi connectivity index (χ4n) is 1.35. The summed E-state index contributed by atoms with van der Waals surface area (Å²) in [5, 5.41) is 0. The molecular weight excluding hydrogens is 170 g/mol. The Labute approximate surface area is 75.7 Å². The van der Waals surface area contributed by atoms with Crippen LogP contribution in [0.1, 0.15) is 12.8 Å². The van der Waals surface area contributed by atoms with Gasteiger partial charge in [0.15, 0.2) is 0 Å². The number of carbonyl (C=O) groups is 1. The van der Waals surface area contributed by atoms with Crippen molar-refractivity contribution >= 4 is 6.09 Å². The molecule has 0 atom stereocenters. The van der Waals surface area contributed by atoms with Gasteiger partial charge in [0.25, 0.3) is 0 Å². The second-order valence-electron chi connectivity index (χ2n) is 2.96. The van der Waals surface area contributed by atoms with Gasteiger partial charge in [-0.15, -0.1) is 0 Å². The smallest absolute Gasteiger partial charge is 0.375 e. The van der Waals surface area contributed by atoms with Crippen molar-refractivity contribution in [3.63, 3.8) is 0 Å². The molecule has 0 unspecified atom stereocenters. The van der Waals surface area contributed by atoms with Crippen LogP contribution in [-0.4, -0.2) is 34.1 Å². The highest BCUT2D eigenvalue weighted by atomic mass is 16.6. The minimum Gasteiger partial charge on any atom is -0.375 e. The minimum absolute atomic E-state index is 0.261. The Hall–Kier alpha value is -1.52. The van der Waals surface area contributed by atoms with Gasteiger partial charge in [0, 0.05) is 25.5 Å². The molecule has 5 nitrogen and oxygen atoms in total. The van der Waals surface area contributed by atoms with Crippen LogP contribution < -0.4 is 4.74 Å². The molecule has 5 heteroatoms. The average Bonchev–Trinajstić information content (AvgIpc) is 2.74. The first-order valence-electron chi connectivity index (χ1n) is 4.32. The van der Waals surface area contributed by atoms with Gasteiger partial charge in [-0.3, -0.25) is 0 Å². The normalized spacial score (nSPS) is 16.2. The van der Waals surface area contributed by atoms with Gasteiger partial charge < -0.3 is 14.6 Å². The molecule has 1 aliphatic heterocycles. The van der Waals surface area contributed by atoms with Crippen molar-refractivity contribution in [1.29, 1.82) is 0 Å². The number of amides is 1. The summed E-state index contributed by atoms with van der Waals surface area (Å²) in [6, 6.07) is 0.261. The van der Waals surface area contributed by atoms with E-state index in [9.17, 15) is 4.79 Å². The lowest BCUT2D eigenvalue weighted by Gasteiger charge is -2.12. The Morgan fingerprint density at radius 1 is 1.54 bits per heavy atom. The molecule has 0 aliphatic carbocycles. The third kappa shape index (κ3) is 1.80. The van der Waals surface area contributed by atoms with Crippen LogP contribution in [-0.2, 0) is 0 Å². The van der Waals surface area contributed by atoms with E-state index in [1.165, 1.54) is 0 Å². The zero-order valence-electron chi connectivity index (χ0n) is 7.19. The average molecular weight is 181 g/mol. The third-order valence-corrected chi connectivity index (χ3v) is 2.02. The molecule has 0 bridgehead atoms. The molecule has 1 aliphatic rings. The lowest BCUT2D eigenvalue weighted by Crippen LogP contribution is -2.30. The van der Waals surface area contributed by atoms with E-state index in [4.69, 9.17) is 4.74 Å². The topological polar surface area (TPSA) is 58.2 Å². The highest BCUT2D eigenvalue weighted by molar-refractivity contribution is 5.69. The number of nitrogens with one attached hydrogen (secondary N) is 1. The number of imidazole rings is 1. The van der Waals surface area contributed by atoms with Crippen molar-refractivity contribution < 1.29 is 9.53 Å². The second kappa shape index (κ2) is 3.47. The van der Waals surface area contributed by atoms with Crippen LogP contribution in [0.25, 0.3) is 0 Å². The Morgan fingerprint density at radius 3 is 2.92 bits per heavy atom. The van der Waals surface area contributed by atoms with E-state index in [0.717, 1.165) is 25.9 Å². The fourth-order valence-corrected chi connectivity index (χ4v) is 1.35. The number of nitrogens with zero attached hydrogens (tertiary/aromatic N) is 2. The number of rotatable bonds is 1. The number of aromatic amines is 1. The molecular formula is C8H11N3O2. The van der Waals surface area contributed by atoms with Gasteiger partial charge >= 0.3 is 12.1 Å². The first-order valence-corrected chi connectivity index (χ1v) is 4.32. The quantitative estimate of drug-likeness (QED) is 0.703. The van der Waals surface area contributed by atoms with Gasteiger partial charge in [0.05, 0.1) is 0 Å². The van der Waals surface area contributed by atoms with Gasteiger partial charge in [-0.25, -0.2) is 9.78 Å². The molecule has 2 rings (SSSR count). The van der Waals surface area contributed by atoms with Gasteiger partial charge in [0.1, 0.15) is 0 Å². The molecule has 13 heavy (non-hydrogen) atoms. The molecule has 1 N–H and O–H groups in total. The van der Waals surface area contributed by atoms with Crippen molar-refractivity contribution in [2.75, 3.05) is 13.1 Å². The van der Waals surface area contributed by atoms with Crippen molar-refractivity contribution in [1.82, 2.24) is 14.9 Å². The first-order chi connectivity index (χ1) is 6.36. The second-order valence-corrected chi connectivity index (χ2v) is 2.96. The number of ether oxygens (including phenoxy) is 1. The predicted molar refractivity (Wildman–Crippen MR) is 45.4 cm³/mol. The molecule has 2 heterocycles. The Balaban J connectivity index is 1.91. The summed E-state index contributed by atoms with van der Waals surface area (Å²) in [6.45, 7) is 1.58. The van der Waals surface area contributed by atoms with Crippen molar-refractivity contribution in [2.24, 2.45) is 0 Å². The van der Waals surface area contributed by atoms with E-state index in [1.54, 1.807) is 17.3 Å². The summed E-state index contributed by atoms with van der Waals surface area (Å²) in [6.07, 6.45) is 4.98. The molecule has 0 spiro atoms. The molecule has 0 radical (unpaired) electrons. The standard InChI is InChI=1S/C8H11N3O2/c12-8(11-5-1-2-6-11)13-7-9-3-4-10-7/h3-4H,1-2,5-6H2,(H,9,10). The molecule has 70 valence electrons. The monoisotopic (exact) mass is 181 g/mol. The summed E-state index contributed by atoms with van der Waals surface area (Å²) < 4.78 is 4.96. The van der Waals surface area contributed by atoms with Crippen LogP contribution in [0.5, 0.6) is 6.01 Å². The van der Waals surface area contributed by atoms with E-state index in [0.29, 0.717) is 0 Å². The van der Waals surface area contributed by atoms with E-state index < -0.39 is 0 Å². The maximum Gasteiger partial charge on any atom is 0.417 e. The number of hydrogen-bond donors (Lipinski definition) is 1. The van der Waals surface area contributed by atoms with E-state index in [2.05, 4.69) is 9.97 Å². The fraction of sp³-hybridized carbons (Fsp3) is 0.500. The van der Waals surface area contributed by atoms with Gasteiger partial charge in [-0.05, 0) is 12.8 Å². The number of H-pyrrole nitrogens is 1. The van der Waals surface area contributed by atoms with Crippen molar-refractivity contribution in [3.05, 3.63) is 12.4 Å². The Morgan fingerprint density at radius 2 is 2.31 bits per heavy atom. The SMILES string of the molecule is O=C(Oc1ncc[nH]1)N1CCCC1. The lowest BCUT2D eigenvalue weighted by atomic mass is 10.4. The highest BCUT2D eigenvalue weighted by Crippen LogP contribution is 2.10. The van der Waals surface area contributed by atoms with E-state index >= 15 is 0 Å². The van der Waals surface area contributed by atoms with Crippen LogP contribution in [0.4, 0.5) is 4.79 Å². The van der Waals surface area contributed by atoms with Gasteiger partial charge in [0.2, 0.25) is 0 Å². The van der Waals surface area contributed by atoms with Crippen LogP contribution in [0.15, 0.2) is 12.4 Å². The molecule has 1 aromatic heterocycles. The Kier molecular flexibility index (Phi) is 2.16. The number of carbonyl (C=O) groups excluding carboxylic acids is 1. The number of aromatic nitrogens is 2. The van der Waals surface area contributed by atoms with Gasteiger partial charge in [-0.2, -0.15) is 0 Å². The van der Waals surface area contributed by atoms with Crippen molar-refractivity contribution in [2.45, 2.75) is 12.8 Å². The summed E-state index contributed by atoms with van der Waals surface area (Å²) in [4.78, 5) is 19.6. The highest BCUT2D eigenvalue weighted by Gasteiger charge is 2.20. The summed E-state index contributed by atoms with van der Waals surface area (Å²) in [5.41, 5.74) is 0. The molecule has 0 aromatic carbocycles. The van der Waals surface area contributed by atoms with E-state index in [1.807, 2.05) is 0 Å². The van der Waals surface area contributed by atoms with Crippen molar-refractivity contribution in [3.8, 4) is 6.01 Å². The van der Waals surface area contributed by atoms with Crippen LogP contribution in [0.2, 0.25) is 0 Å². The maximum absolute atomic E-state index is 11.4. The van der Waals surface area contributed by atoms with Gasteiger partial charge in [-0.1, -0.05) is 0 Å². The molecule has 1 amide bonds. The van der Waals surface area contributed by atoms with Crippen LogP contribution >= 0.6 is 0 Å². The van der Waals surface area contributed by atoms with Crippen LogP contribution in [0, 0.1) is 0 Å². The lowest BCUT2D eigenvalue weighted by molar-refractivity contribution is 0.159. The number of likely N-dealkylation sites (tertiary alicyclic amines) is 1. The number of hydrogen-bond acceptors (Lipinski definition) is 3. The molecule has 1 fully saturated rings. The first kappa shape index (κ1) is 8.10. The molecule has 0 saturated carbocycles. The molecule has 1 aromatic rings. The predicted octanol–water partition coefficient (Wildman–Crippen LogP) is 1.00. The summed E-state index contributed by atoms with van der Waals surface area (Å²) in [7, 11) is 0. The summed E-state index contributed by atoms with van der Waals surface area (Å²) >= 11 is 0. The molecule has 1 saturated heterocycles. The Bertz CT molecular complexity index is 278. The maximum atomic E-state index is 11.4. The summed E-state index contributed by atoms with van der Waals surface area (Å²) in [5.74, 6) is 0. The van der Waals surface area contributed by atoms with E-state index in [-0.39, 0.29) is 12.1 Å². The third-order valence-electron chi connectivity index (χ3n) is 2.02. The zero-order valence-corrected chi connectivity index (χ0v) is 7.19. The largest absolute Gasteiger partial charge is 0.417 e. The zero-order chi connectivity index (χ0) is 9.10. The van der Waals surface area contributed by atoms with Crippen LogP contribution in [0.3, 0.4) is 0 Å².